The van der Waals surface area contributed by atoms with Crippen molar-refractivity contribution in [1.82, 2.24) is 0 Å². The molecule has 0 bridgehead atoms. The molecular weight excluding hydrogens is 294 g/mol. The molecule has 3 nitrogen and oxygen atoms in total. The fourth-order valence-corrected chi connectivity index (χ4v) is 2.82. The Morgan fingerprint density at radius 2 is 1.80 bits per heavy atom. The number of benzene rings is 1. The maximum Gasteiger partial charge on any atom is 0.163 e. The predicted octanol–water partition coefficient (Wildman–Crippen LogP) is 4.81. The molecule has 0 aliphatic heterocycles. The summed E-state index contributed by atoms with van der Waals surface area (Å²) in [5.41, 5.74) is 1.00. The molecule has 0 aliphatic rings. The van der Waals surface area contributed by atoms with Crippen LogP contribution in [-0.2, 0) is 6.54 Å². The zero-order chi connectivity index (χ0) is 14.4. The van der Waals surface area contributed by atoms with Gasteiger partial charge in [0, 0.05) is 23.2 Å². The Hall–Kier alpha value is -1.39. The number of nitrogens with one attached hydrogen (secondary N) is 1. The Balaban J connectivity index is 2.05. The molecule has 2 aromatic rings. The lowest BCUT2D eigenvalue weighted by atomic mass is 10.2. The minimum Gasteiger partial charge on any atom is -0.490 e. The first-order chi connectivity index (χ1) is 9.72. The molecule has 1 aromatic carbocycles. The second-order valence-corrected chi connectivity index (χ2v) is 5.89. The molecule has 0 spiro atoms. The van der Waals surface area contributed by atoms with Crippen molar-refractivity contribution in [3.8, 4) is 11.5 Å². The molecule has 0 unspecified atom stereocenters. The van der Waals surface area contributed by atoms with E-state index in [9.17, 15) is 0 Å². The number of rotatable bonds is 7. The monoisotopic (exact) mass is 311 g/mol. The summed E-state index contributed by atoms with van der Waals surface area (Å²) in [5, 5.41) is 3.36. The summed E-state index contributed by atoms with van der Waals surface area (Å²) in [6.07, 6.45) is 0. The van der Waals surface area contributed by atoms with Crippen LogP contribution in [0.2, 0.25) is 4.34 Å². The quantitative estimate of drug-likeness (QED) is 0.796. The molecule has 1 aromatic heterocycles. The molecule has 5 heteroatoms. The average molecular weight is 312 g/mol. The van der Waals surface area contributed by atoms with E-state index in [2.05, 4.69) is 5.32 Å². The minimum absolute atomic E-state index is 0.615. The van der Waals surface area contributed by atoms with Crippen LogP contribution in [0.1, 0.15) is 18.7 Å². The van der Waals surface area contributed by atoms with Crippen LogP contribution in [0.15, 0.2) is 30.3 Å². The Morgan fingerprint density at radius 1 is 1.05 bits per heavy atom. The SMILES string of the molecule is CCOc1ccc(NCc2ccc(Cl)s2)cc1OCC. The van der Waals surface area contributed by atoms with Gasteiger partial charge in [0.2, 0.25) is 0 Å². The first-order valence-corrected chi connectivity index (χ1v) is 7.80. The van der Waals surface area contributed by atoms with Crippen LogP contribution in [0.5, 0.6) is 11.5 Å². The fraction of sp³-hybridized carbons (Fsp3) is 0.333. The molecule has 0 fully saturated rings. The fourth-order valence-electron chi connectivity index (χ4n) is 1.80. The van der Waals surface area contributed by atoms with Crippen molar-refractivity contribution < 1.29 is 9.47 Å². The molecule has 20 heavy (non-hydrogen) atoms. The van der Waals surface area contributed by atoms with Gasteiger partial charge in [-0.1, -0.05) is 11.6 Å². The molecule has 1 N–H and O–H groups in total. The Bertz CT molecular complexity index is 557. The Labute approximate surface area is 128 Å². The maximum absolute atomic E-state index is 5.92. The second kappa shape index (κ2) is 7.41. The van der Waals surface area contributed by atoms with Crippen molar-refractivity contribution in [3.05, 3.63) is 39.5 Å². The van der Waals surface area contributed by atoms with Gasteiger partial charge in [-0.25, -0.2) is 0 Å². The van der Waals surface area contributed by atoms with E-state index in [0.717, 1.165) is 28.1 Å². The third-order valence-corrected chi connectivity index (χ3v) is 3.87. The summed E-state index contributed by atoms with van der Waals surface area (Å²) in [6.45, 7) is 5.91. The van der Waals surface area contributed by atoms with Gasteiger partial charge in [0.1, 0.15) is 0 Å². The number of thiophene rings is 1. The van der Waals surface area contributed by atoms with Crippen LogP contribution in [0, 0.1) is 0 Å². The van der Waals surface area contributed by atoms with Gasteiger partial charge < -0.3 is 14.8 Å². The van der Waals surface area contributed by atoms with E-state index in [4.69, 9.17) is 21.1 Å². The summed E-state index contributed by atoms with van der Waals surface area (Å²) >= 11 is 7.50. The molecular formula is C15H18ClNO2S. The van der Waals surface area contributed by atoms with Crippen molar-refractivity contribution in [3.63, 3.8) is 0 Å². The van der Waals surface area contributed by atoms with E-state index in [1.54, 1.807) is 11.3 Å². The van der Waals surface area contributed by atoms with Gasteiger partial charge in [0.25, 0.3) is 0 Å². The smallest absolute Gasteiger partial charge is 0.163 e. The van der Waals surface area contributed by atoms with Crippen LogP contribution >= 0.6 is 22.9 Å². The van der Waals surface area contributed by atoms with Crippen molar-refractivity contribution in [2.45, 2.75) is 20.4 Å². The van der Waals surface area contributed by atoms with E-state index in [1.807, 2.05) is 44.2 Å². The molecule has 2 rings (SSSR count). The number of ether oxygens (including phenoxy) is 2. The molecule has 0 radical (unpaired) electrons. The summed E-state index contributed by atoms with van der Waals surface area (Å²) in [4.78, 5) is 1.20. The van der Waals surface area contributed by atoms with E-state index in [0.29, 0.717) is 13.2 Å². The Morgan fingerprint density at radius 3 is 2.45 bits per heavy atom. The van der Waals surface area contributed by atoms with E-state index >= 15 is 0 Å². The van der Waals surface area contributed by atoms with Crippen molar-refractivity contribution >= 4 is 28.6 Å². The third-order valence-electron chi connectivity index (χ3n) is 2.64. The first-order valence-electron chi connectivity index (χ1n) is 6.60. The van der Waals surface area contributed by atoms with Crippen LogP contribution in [-0.4, -0.2) is 13.2 Å². The lowest BCUT2D eigenvalue weighted by Gasteiger charge is -2.13. The largest absolute Gasteiger partial charge is 0.490 e. The number of anilines is 1. The van der Waals surface area contributed by atoms with Crippen LogP contribution in [0.4, 0.5) is 5.69 Å². The van der Waals surface area contributed by atoms with Gasteiger partial charge in [0.05, 0.1) is 17.6 Å². The van der Waals surface area contributed by atoms with Crippen LogP contribution < -0.4 is 14.8 Å². The van der Waals surface area contributed by atoms with Crippen molar-refractivity contribution in [2.75, 3.05) is 18.5 Å². The van der Waals surface area contributed by atoms with Gasteiger partial charge in [-0.05, 0) is 38.1 Å². The lowest BCUT2D eigenvalue weighted by molar-refractivity contribution is 0.288. The van der Waals surface area contributed by atoms with Gasteiger partial charge in [-0.3, -0.25) is 0 Å². The third kappa shape index (κ3) is 4.05. The lowest BCUT2D eigenvalue weighted by Crippen LogP contribution is -2.01. The minimum atomic E-state index is 0.615. The van der Waals surface area contributed by atoms with Gasteiger partial charge in [-0.2, -0.15) is 0 Å². The molecule has 0 atom stereocenters. The highest BCUT2D eigenvalue weighted by Crippen LogP contribution is 2.31. The zero-order valence-corrected chi connectivity index (χ0v) is 13.2. The van der Waals surface area contributed by atoms with Crippen LogP contribution in [0.25, 0.3) is 0 Å². The summed E-state index contributed by atoms with van der Waals surface area (Å²) in [6, 6.07) is 9.82. The number of halogens is 1. The molecule has 0 saturated carbocycles. The highest BCUT2D eigenvalue weighted by atomic mass is 35.5. The molecule has 1 heterocycles. The normalized spacial score (nSPS) is 10.3. The molecule has 0 saturated heterocycles. The predicted molar refractivity (Wildman–Crippen MR) is 85.4 cm³/mol. The van der Waals surface area contributed by atoms with Gasteiger partial charge >= 0.3 is 0 Å². The number of hydrogen-bond acceptors (Lipinski definition) is 4. The maximum atomic E-state index is 5.92. The zero-order valence-electron chi connectivity index (χ0n) is 11.6. The van der Waals surface area contributed by atoms with Crippen molar-refractivity contribution in [1.29, 1.82) is 0 Å². The Kier molecular flexibility index (Phi) is 5.56. The molecule has 108 valence electrons. The summed E-state index contributed by atoms with van der Waals surface area (Å²) in [5.74, 6) is 1.54. The van der Waals surface area contributed by atoms with Crippen molar-refractivity contribution in [2.24, 2.45) is 0 Å². The van der Waals surface area contributed by atoms with Gasteiger partial charge in [0.15, 0.2) is 11.5 Å². The average Bonchev–Trinajstić information content (AvgIpc) is 2.85. The van der Waals surface area contributed by atoms with Gasteiger partial charge in [-0.15, -0.1) is 11.3 Å². The second-order valence-electron chi connectivity index (χ2n) is 4.09. The summed E-state index contributed by atoms with van der Waals surface area (Å²) < 4.78 is 12.0. The first kappa shape index (κ1) is 15.0. The van der Waals surface area contributed by atoms with E-state index in [1.165, 1.54) is 4.88 Å². The highest BCUT2D eigenvalue weighted by Gasteiger charge is 2.06. The highest BCUT2D eigenvalue weighted by molar-refractivity contribution is 7.16. The summed E-state index contributed by atoms with van der Waals surface area (Å²) in [7, 11) is 0. The van der Waals surface area contributed by atoms with E-state index in [-0.39, 0.29) is 0 Å². The molecule has 0 aliphatic carbocycles. The molecule has 0 amide bonds. The number of hydrogen-bond donors (Lipinski definition) is 1. The topological polar surface area (TPSA) is 30.5 Å². The van der Waals surface area contributed by atoms with E-state index < -0.39 is 0 Å². The standard InChI is InChI=1S/C15H18ClNO2S/c1-3-18-13-7-5-11(9-14(13)19-4-2)17-10-12-6-8-15(16)20-12/h5-9,17H,3-4,10H2,1-2H3. The van der Waals surface area contributed by atoms with Crippen LogP contribution in [0.3, 0.4) is 0 Å².